The summed E-state index contributed by atoms with van der Waals surface area (Å²) in [5, 5.41) is 13.5. The maximum Gasteiger partial charge on any atom is 0.586 e. The molecule has 1 saturated heterocycles. The Labute approximate surface area is 202 Å². The fraction of sp³-hybridized carbons (Fsp3) is 0.458. The first-order valence-corrected chi connectivity index (χ1v) is 11.4. The Morgan fingerprint density at radius 2 is 1.89 bits per heavy atom. The number of fused-ring (bicyclic) bond motifs is 1. The summed E-state index contributed by atoms with van der Waals surface area (Å²) in [6.07, 6.45) is -1.77. The number of pyridine rings is 1. The van der Waals surface area contributed by atoms with Gasteiger partial charge < -0.3 is 19.3 Å². The summed E-state index contributed by atoms with van der Waals surface area (Å²) in [5.41, 5.74) is 1.33. The number of carbonyl (C=O) groups excluding carboxylic acids is 2. The Bertz CT molecular complexity index is 1040. The van der Waals surface area contributed by atoms with E-state index in [4.69, 9.17) is 4.74 Å². The number of hydrogen-bond acceptors (Lipinski definition) is 8. The van der Waals surface area contributed by atoms with Crippen molar-refractivity contribution in [1.29, 1.82) is 0 Å². The molecule has 0 spiro atoms. The van der Waals surface area contributed by atoms with Crippen molar-refractivity contribution in [2.24, 2.45) is 5.92 Å². The summed E-state index contributed by atoms with van der Waals surface area (Å²) < 4.78 is 40.5. The Morgan fingerprint density at radius 3 is 2.54 bits per heavy atom. The molecule has 0 aliphatic carbocycles. The van der Waals surface area contributed by atoms with Gasteiger partial charge in [-0.15, -0.1) is 8.78 Å². The zero-order chi connectivity index (χ0) is 25.8. The van der Waals surface area contributed by atoms with Gasteiger partial charge in [-0.3, -0.25) is 20.0 Å². The fourth-order valence-electron chi connectivity index (χ4n) is 3.96. The lowest BCUT2D eigenvalue weighted by molar-refractivity contribution is -0.286. The molecule has 1 aromatic heterocycles. The van der Waals surface area contributed by atoms with Crippen molar-refractivity contribution in [3.63, 3.8) is 0 Å². The number of β-lactam (4-membered cyclic amide) rings is 1. The number of nitrogens with one attached hydrogen (secondary N) is 1. The SMILES string of the molecule is CC.CCOC(=O)C1[C@@H](Cc2ccncc2)C(=O)N1C(O)NC(C)c1ccc2c(c1)OC(F)(F)O2. The number of carbonyl (C=O) groups is 2. The van der Waals surface area contributed by atoms with E-state index in [-0.39, 0.29) is 18.1 Å². The number of ether oxygens (including phenoxy) is 3. The molecular formula is C24H29F2N3O6. The molecule has 190 valence electrons. The van der Waals surface area contributed by atoms with Crippen LogP contribution in [-0.4, -0.2) is 52.2 Å². The first-order chi connectivity index (χ1) is 16.7. The van der Waals surface area contributed by atoms with E-state index < -0.39 is 42.5 Å². The van der Waals surface area contributed by atoms with Gasteiger partial charge in [0.05, 0.1) is 12.5 Å². The molecule has 4 atom stereocenters. The second-order valence-electron chi connectivity index (χ2n) is 7.74. The van der Waals surface area contributed by atoms with Crippen molar-refractivity contribution >= 4 is 11.9 Å². The van der Waals surface area contributed by atoms with E-state index in [1.165, 1.54) is 18.2 Å². The lowest BCUT2D eigenvalue weighted by Gasteiger charge is -2.48. The van der Waals surface area contributed by atoms with Gasteiger partial charge >= 0.3 is 12.3 Å². The van der Waals surface area contributed by atoms with Gasteiger partial charge in [-0.25, -0.2) is 4.79 Å². The zero-order valence-corrected chi connectivity index (χ0v) is 19.9. The molecule has 3 heterocycles. The maximum absolute atomic E-state index is 13.3. The van der Waals surface area contributed by atoms with Gasteiger partial charge in [0.1, 0.15) is 6.04 Å². The number of hydrogen-bond donors (Lipinski definition) is 2. The van der Waals surface area contributed by atoms with Gasteiger partial charge in [0.15, 0.2) is 17.9 Å². The van der Waals surface area contributed by atoms with Crippen LogP contribution in [0.15, 0.2) is 42.7 Å². The van der Waals surface area contributed by atoms with Gasteiger partial charge in [-0.05, 0) is 55.7 Å². The summed E-state index contributed by atoms with van der Waals surface area (Å²) in [6.45, 7) is 7.44. The Hall–Kier alpha value is -3.31. The minimum atomic E-state index is -3.74. The third kappa shape index (κ3) is 5.68. The Kier molecular flexibility index (Phi) is 8.23. The molecule has 1 aromatic carbocycles. The molecule has 1 fully saturated rings. The highest BCUT2D eigenvalue weighted by molar-refractivity contribution is 5.97. The van der Waals surface area contributed by atoms with Crippen molar-refractivity contribution in [3.05, 3.63) is 53.9 Å². The number of rotatable bonds is 8. The highest BCUT2D eigenvalue weighted by atomic mass is 19.3. The number of amides is 1. The van der Waals surface area contributed by atoms with E-state index in [1.807, 2.05) is 13.8 Å². The topological polar surface area (TPSA) is 110 Å². The van der Waals surface area contributed by atoms with E-state index in [0.29, 0.717) is 12.0 Å². The van der Waals surface area contributed by atoms with Gasteiger partial charge in [0.2, 0.25) is 5.91 Å². The van der Waals surface area contributed by atoms with Gasteiger partial charge in [-0.1, -0.05) is 19.9 Å². The molecule has 2 aliphatic rings. The molecule has 4 rings (SSSR count). The molecule has 2 N–H and O–H groups in total. The minimum absolute atomic E-state index is 0.101. The van der Waals surface area contributed by atoms with Gasteiger partial charge in [-0.2, -0.15) is 0 Å². The fourth-order valence-corrected chi connectivity index (χ4v) is 3.96. The molecule has 35 heavy (non-hydrogen) atoms. The van der Waals surface area contributed by atoms with E-state index in [1.54, 1.807) is 38.4 Å². The van der Waals surface area contributed by atoms with E-state index >= 15 is 0 Å². The molecule has 3 unspecified atom stereocenters. The van der Waals surface area contributed by atoms with Gasteiger partial charge in [0, 0.05) is 18.4 Å². The van der Waals surface area contributed by atoms with E-state index in [0.717, 1.165) is 10.5 Å². The molecule has 0 bridgehead atoms. The maximum atomic E-state index is 13.3. The van der Waals surface area contributed by atoms with Crippen molar-refractivity contribution in [2.75, 3.05) is 6.61 Å². The molecule has 0 radical (unpaired) electrons. The van der Waals surface area contributed by atoms with Crippen LogP contribution in [0.1, 0.15) is 44.9 Å². The normalized spacial score (nSPS) is 21.3. The number of aromatic nitrogens is 1. The summed E-state index contributed by atoms with van der Waals surface area (Å²) in [5.74, 6) is -1.96. The molecule has 11 heteroatoms. The number of nitrogens with zero attached hydrogens (tertiary/aromatic N) is 2. The summed E-state index contributed by atoms with van der Waals surface area (Å²) >= 11 is 0. The lowest BCUT2D eigenvalue weighted by atomic mass is 9.82. The van der Waals surface area contributed by atoms with Crippen molar-refractivity contribution in [3.8, 4) is 11.5 Å². The highest BCUT2D eigenvalue weighted by Crippen LogP contribution is 2.42. The monoisotopic (exact) mass is 493 g/mol. The Morgan fingerprint density at radius 1 is 1.23 bits per heavy atom. The predicted molar refractivity (Wildman–Crippen MR) is 120 cm³/mol. The second kappa shape index (κ2) is 11.0. The van der Waals surface area contributed by atoms with Crippen LogP contribution in [0.4, 0.5) is 8.78 Å². The van der Waals surface area contributed by atoms with Gasteiger partial charge in [0.25, 0.3) is 0 Å². The van der Waals surface area contributed by atoms with Crippen LogP contribution in [0.3, 0.4) is 0 Å². The lowest BCUT2D eigenvalue weighted by Crippen LogP contribution is -2.70. The van der Waals surface area contributed by atoms with Crippen molar-refractivity contribution < 1.29 is 37.7 Å². The van der Waals surface area contributed by atoms with Crippen molar-refractivity contribution in [1.82, 2.24) is 15.2 Å². The molecule has 0 saturated carbocycles. The number of halogens is 2. The average molecular weight is 494 g/mol. The number of aliphatic hydroxyl groups is 1. The third-order valence-corrected chi connectivity index (χ3v) is 5.57. The number of aliphatic hydroxyl groups excluding tert-OH is 1. The Balaban J connectivity index is 0.00000167. The van der Waals surface area contributed by atoms with Crippen LogP contribution in [0.5, 0.6) is 11.5 Å². The van der Waals surface area contributed by atoms with Crippen LogP contribution < -0.4 is 14.8 Å². The van der Waals surface area contributed by atoms with E-state index in [2.05, 4.69) is 19.8 Å². The molecular weight excluding hydrogens is 464 g/mol. The summed E-state index contributed by atoms with van der Waals surface area (Å²) in [7, 11) is 0. The van der Waals surface area contributed by atoms with Crippen LogP contribution in [-0.2, 0) is 20.7 Å². The third-order valence-electron chi connectivity index (χ3n) is 5.57. The average Bonchev–Trinajstić information content (AvgIpc) is 3.15. The first kappa shape index (κ1) is 26.3. The highest BCUT2D eigenvalue weighted by Gasteiger charge is 2.54. The number of esters is 1. The van der Waals surface area contributed by atoms with Crippen LogP contribution in [0.25, 0.3) is 0 Å². The summed E-state index contributed by atoms with van der Waals surface area (Å²) in [4.78, 5) is 30.4. The van der Waals surface area contributed by atoms with E-state index in [9.17, 15) is 23.5 Å². The number of benzene rings is 1. The number of alkyl halides is 2. The largest absolute Gasteiger partial charge is 0.586 e. The predicted octanol–water partition coefficient (Wildman–Crippen LogP) is 2.99. The van der Waals surface area contributed by atoms with Crippen LogP contribution in [0, 0.1) is 5.92 Å². The number of likely N-dealkylation sites (tertiary alicyclic amines) is 1. The summed E-state index contributed by atoms with van der Waals surface area (Å²) in [6, 6.07) is 6.15. The minimum Gasteiger partial charge on any atom is -0.464 e. The standard InChI is InChI=1S/C22H23F2N3O6.C2H6/c1-3-31-20(29)18-15(10-13-6-8-25-9-7-13)19(28)27(18)21(30)26-12(2)14-4-5-16-17(11-14)33-22(23,24)32-16;1-2/h4-9,11-12,15,18,21,26,30H,3,10H2,1-2H3;1-2H3/t12?,15-,18?,21?;/m1./s1. The molecule has 1 amide bonds. The van der Waals surface area contributed by atoms with Crippen LogP contribution >= 0.6 is 0 Å². The molecule has 2 aliphatic heterocycles. The first-order valence-electron chi connectivity index (χ1n) is 11.4. The molecule has 2 aromatic rings. The quantitative estimate of drug-likeness (QED) is 0.328. The van der Waals surface area contributed by atoms with Crippen LogP contribution in [0.2, 0.25) is 0 Å². The smallest absolute Gasteiger partial charge is 0.464 e. The van der Waals surface area contributed by atoms with Crippen molar-refractivity contribution in [2.45, 2.75) is 58.8 Å². The zero-order valence-electron chi connectivity index (χ0n) is 19.9. The second-order valence-corrected chi connectivity index (χ2v) is 7.74. The molecule has 9 nitrogen and oxygen atoms in total.